The Labute approximate surface area is 199 Å². The van der Waals surface area contributed by atoms with Crippen molar-refractivity contribution < 1.29 is 9.13 Å². The summed E-state index contributed by atoms with van der Waals surface area (Å²) < 4.78 is 21.3. The predicted molar refractivity (Wildman–Crippen MR) is 131 cm³/mol. The molecule has 1 aromatic carbocycles. The summed E-state index contributed by atoms with van der Waals surface area (Å²) in [5, 5.41) is 6.43. The summed E-state index contributed by atoms with van der Waals surface area (Å²) in [7, 11) is 0. The Morgan fingerprint density at radius 3 is 2.65 bits per heavy atom. The standard InChI is InChI=1S/C22H27FN6O.HI/c1-4-24-22(27-13-16(2)30-20-8-6-5-7-19(20)23)28-15-18-9-10-21(26-14-18)29-12-11-25-17(29)3;/h5-12,14,16H,4,13,15H2,1-3H3,(H2,24,27,28);1H. The minimum absolute atomic E-state index is 0. The van der Waals surface area contributed by atoms with Gasteiger partial charge in [-0.2, -0.15) is 0 Å². The molecule has 166 valence electrons. The highest BCUT2D eigenvalue weighted by molar-refractivity contribution is 14.0. The zero-order valence-electron chi connectivity index (χ0n) is 17.9. The van der Waals surface area contributed by atoms with Gasteiger partial charge in [-0.05, 0) is 44.5 Å². The monoisotopic (exact) mass is 538 g/mol. The number of aliphatic imine (C=N–C) groups is 1. The molecule has 0 saturated heterocycles. The highest BCUT2D eigenvalue weighted by Crippen LogP contribution is 2.16. The molecule has 7 nitrogen and oxygen atoms in total. The maximum Gasteiger partial charge on any atom is 0.191 e. The van der Waals surface area contributed by atoms with E-state index in [9.17, 15) is 4.39 Å². The first-order valence-electron chi connectivity index (χ1n) is 9.95. The second kappa shape index (κ2) is 12.2. The van der Waals surface area contributed by atoms with Gasteiger partial charge < -0.3 is 15.4 Å². The zero-order valence-corrected chi connectivity index (χ0v) is 20.2. The number of guanidine groups is 1. The Bertz CT molecular complexity index is 976. The summed E-state index contributed by atoms with van der Waals surface area (Å²) in [5.74, 6) is 2.25. The summed E-state index contributed by atoms with van der Waals surface area (Å²) >= 11 is 0. The quantitative estimate of drug-likeness (QED) is 0.259. The lowest BCUT2D eigenvalue weighted by Crippen LogP contribution is -2.41. The van der Waals surface area contributed by atoms with E-state index < -0.39 is 0 Å². The van der Waals surface area contributed by atoms with Crippen LogP contribution in [0.15, 0.2) is 60.0 Å². The van der Waals surface area contributed by atoms with Gasteiger partial charge in [0.25, 0.3) is 0 Å². The Morgan fingerprint density at radius 2 is 2.00 bits per heavy atom. The minimum atomic E-state index is -0.369. The van der Waals surface area contributed by atoms with Gasteiger partial charge in [-0.25, -0.2) is 19.4 Å². The molecule has 3 rings (SSSR count). The molecule has 0 radical (unpaired) electrons. The highest BCUT2D eigenvalue weighted by Gasteiger charge is 2.09. The van der Waals surface area contributed by atoms with Gasteiger partial charge in [0, 0.05) is 25.1 Å². The number of nitrogens with one attached hydrogen (secondary N) is 2. The van der Waals surface area contributed by atoms with Gasteiger partial charge in [0.2, 0.25) is 0 Å². The van der Waals surface area contributed by atoms with Crippen molar-refractivity contribution in [2.75, 3.05) is 13.1 Å². The fourth-order valence-corrected chi connectivity index (χ4v) is 2.82. The van der Waals surface area contributed by atoms with E-state index in [0.29, 0.717) is 19.0 Å². The third-order valence-corrected chi connectivity index (χ3v) is 4.37. The van der Waals surface area contributed by atoms with Crippen molar-refractivity contribution in [1.82, 2.24) is 25.2 Å². The number of nitrogens with zero attached hydrogens (tertiary/aromatic N) is 4. The second-order valence-electron chi connectivity index (χ2n) is 6.80. The van der Waals surface area contributed by atoms with E-state index in [4.69, 9.17) is 4.74 Å². The molecule has 31 heavy (non-hydrogen) atoms. The fourth-order valence-electron chi connectivity index (χ4n) is 2.82. The molecule has 2 heterocycles. The van der Waals surface area contributed by atoms with Gasteiger partial charge in [0.15, 0.2) is 17.5 Å². The Balaban J connectivity index is 0.00000341. The SMILES string of the molecule is CCNC(=NCc1ccc(-n2ccnc2C)nc1)NCC(C)Oc1ccccc1F.I. The van der Waals surface area contributed by atoms with E-state index >= 15 is 0 Å². The molecule has 0 bridgehead atoms. The van der Waals surface area contributed by atoms with Crippen molar-refractivity contribution in [2.24, 2.45) is 4.99 Å². The summed E-state index contributed by atoms with van der Waals surface area (Å²) in [6, 6.07) is 10.3. The summed E-state index contributed by atoms with van der Waals surface area (Å²) in [6.07, 6.45) is 5.21. The molecule has 3 aromatic rings. The van der Waals surface area contributed by atoms with Crippen molar-refractivity contribution in [3.8, 4) is 11.6 Å². The van der Waals surface area contributed by atoms with Gasteiger partial charge in [0.1, 0.15) is 17.7 Å². The Kier molecular flexibility index (Phi) is 9.70. The maximum absolute atomic E-state index is 13.7. The van der Waals surface area contributed by atoms with Crippen LogP contribution >= 0.6 is 24.0 Å². The number of pyridine rings is 1. The van der Waals surface area contributed by atoms with Crippen LogP contribution in [-0.4, -0.2) is 39.7 Å². The number of aryl methyl sites for hydroxylation is 1. The van der Waals surface area contributed by atoms with Gasteiger partial charge in [-0.3, -0.25) is 4.57 Å². The number of hydrogen-bond donors (Lipinski definition) is 2. The van der Waals surface area contributed by atoms with Crippen molar-refractivity contribution in [1.29, 1.82) is 0 Å². The topological polar surface area (TPSA) is 76.4 Å². The van der Waals surface area contributed by atoms with Crippen molar-refractivity contribution >= 4 is 29.9 Å². The highest BCUT2D eigenvalue weighted by atomic mass is 127. The molecule has 1 unspecified atom stereocenters. The predicted octanol–water partition coefficient (Wildman–Crippen LogP) is 3.86. The number of ether oxygens (including phenoxy) is 1. The van der Waals surface area contributed by atoms with Crippen LogP contribution in [0.2, 0.25) is 0 Å². The zero-order chi connectivity index (χ0) is 21.3. The van der Waals surface area contributed by atoms with E-state index in [2.05, 4.69) is 25.6 Å². The maximum atomic E-state index is 13.7. The lowest BCUT2D eigenvalue weighted by Gasteiger charge is -2.18. The third kappa shape index (κ3) is 7.20. The van der Waals surface area contributed by atoms with Crippen LogP contribution in [0.4, 0.5) is 4.39 Å². The van der Waals surface area contributed by atoms with Gasteiger partial charge in [-0.15, -0.1) is 24.0 Å². The largest absolute Gasteiger partial charge is 0.486 e. The lowest BCUT2D eigenvalue weighted by atomic mass is 10.3. The molecule has 0 aliphatic carbocycles. The Morgan fingerprint density at radius 1 is 1.19 bits per heavy atom. The van der Waals surface area contributed by atoms with Crippen LogP contribution in [0.1, 0.15) is 25.2 Å². The number of imidazole rings is 1. The lowest BCUT2D eigenvalue weighted by molar-refractivity contribution is 0.214. The number of hydrogen-bond acceptors (Lipinski definition) is 4. The average molecular weight is 538 g/mol. The number of aromatic nitrogens is 3. The summed E-state index contributed by atoms with van der Waals surface area (Å²) in [6.45, 7) is 7.51. The second-order valence-corrected chi connectivity index (χ2v) is 6.80. The first-order chi connectivity index (χ1) is 14.6. The van der Waals surface area contributed by atoms with Crippen LogP contribution in [0, 0.1) is 12.7 Å². The minimum Gasteiger partial charge on any atom is -0.486 e. The van der Waals surface area contributed by atoms with Gasteiger partial charge in [-0.1, -0.05) is 18.2 Å². The van der Waals surface area contributed by atoms with Crippen molar-refractivity contribution in [2.45, 2.75) is 33.4 Å². The molecule has 2 N–H and O–H groups in total. The summed E-state index contributed by atoms with van der Waals surface area (Å²) in [4.78, 5) is 13.3. The van der Waals surface area contributed by atoms with E-state index in [0.717, 1.165) is 23.8 Å². The molecule has 9 heteroatoms. The molecule has 0 aliphatic heterocycles. The molecule has 0 saturated carbocycles. The molecule has 0 amide bonds. The van der Waals surface area contributed by atoms with Gasteiger partial charge >= 0.3 is 0 Å². The molecule has 0 fully saturated rings. The van der Waals surface area contributed by atoms with E-state index in [1.807, 2.05) is 49.9 Å². The van der Waals surface area contributed by atoms with Crippen LogP contribution < -0.4 is 15.4 Å². The van der Waals surface area contributed by atoms with Crippen LogP contribution in [0.3, 0.4) is 0 Å². The molecule has 0 aliphatic rings. The number of benzene rings is 1. The molecular formula is C22H28FIN6O. The van der Waals surface area contributed by atoms with E-state index in [1.165, 1.54) is 6.07 Å². The first-order valence-corrected chi connectivity index (χ1v) is 9.95. The molecule has 1 atom stereocenters. The summed E-state index contributed by atoms with van der Waals surface area (Å²) in [5.41, 5.74) is 0.990. The smallest absolute Gasteiger partial charge is 0.191 e. The van der Waals surface area contributed by atoms with Crippen LogP contribution in [-0.2, 0) is 6.54 Å². The third-order valence-electron chi connectivity index (χ3n) is 4.37. The Hall–Kier alpha value is -2.69. The molecule has 2 aromatic heterocycles. The number of halogens is 2. The van der Waals surface area contributed by atoms with Crippen LogP contribution in [0.25, 0.3) is 5.82 Å². The molecule has 0 spiro atoms. The van der Waals surface area contributed by atoms with E-state index in [1.54, 1.807) is 24.4 Å². The van der Waals surface area contributed by atoms with Crippen molar-refractivity contribution in [3.63, 3.8) is 0 Å². The molecular weight excluding hydrogens is 510 g/mol. The fraction of sp³-hybridized carbons (Fsp3) is 0.318. The van der Waals surface area contributed by atoms with Crippen molar-refractivity contribution in [3.05, 3.63) is 72.2 Å². The first kappa shape index (κ1) is 24.6. The normalized spacial score (nSPS) is 12.1. The average Bonchev–Trinajstić information content (AvgIpc) is 3.18. The number of para-hydroxylation sites is 1. The van der Waals surface area contributed by atoms with Gasteiger partial charge in [0.05, 0.1) is 13.1 Å². The number of rotatable bonds is 8. The van der Waals surface area contributed by atoms with Crippen LogP contribution in [0.5, 0.6) is 5.75 Å². The van der Waals surface area contributed by atoms with E-state index in [-0.39, 0.29) is 41.6 Å².